The molecule has 25 heavy (non-hydrogen) atoms. The van der Waals surface area contributed by atoms with Gasteiger partial charge in [0.2, 0.25) is 0 Å². The Morgan fingerprint density at radius 1 is 0.760 bits per heavy atom. The molecule has 0 radical (unpaired) electrons. The molecule has 3 aromatic carbocycles. The predicted molar refractivity (Wildman–Crippen MR) is 109 cm³/mol. The molecule has 1 aliphatic heterocycles. The Morgan fingerprint density at radius 3 is 2.40 bits per heavy atom. The van der Waals surface area contributed by atoms with Crippen LogP contribution in [0.1, 0.15) is 10.6 Å². The molecule has 5 rings (SSSR count). The summed E-state index contributed by atoms with van der Waals surface area (Å²) in [6.45, 7) is 0. The first kappa shape index (κ1) is 14.8. The number of hydrogen-bond acceptors (Lipinski definition) is 4. The van der Waals surface area contributed by atoms with Crippen molar-refractivity contribution in [2.45, 2.75) is 4.90 Å². The summed E-state index contributed by atoms with van der Waals surface area (Å²) in [4.78, 5) is 7.30. The number of hydrogen-bond donors (Lipinski definition) is 1. The average Bonchev–Trinajstić information content (AvgIpc) is 3.12. The van der Waals surface area contributed by atoms with Gasteiger partial charge in [0.25, 0.3) is 0 Å². The lowest BCUT2D eigenvalue weighted by molar-refractivity contribution is 1.39. The fraction of sp³-hybridized carbons (Fsp3) is 0. The van der Waals surface area contributed by atoms with Gasteiger partial charge in [-0.25, -0.2) is 4.98 Å². The molecule has 0 fully saturated rings. The molecular formula is C21H14N2S2. The van der Waals surface area contributed by atoms with Crippen LogP contribution in [0.5, 0.6) is 0 Å². The second-order valence-corrected chi connectivity index (χ2v) is 7.86. The van der Waals surface area contributed by atoms with Crippen molar-refractivity contribution >= 4 is 49.6 Å². The number of thiazole rings is 1. The van der Waals surface area contributed by atoms with Crippen molar-refractivity contribution in [3.05, 3.63) is 89.4 Å². The standard InChI is InChI=1S/C21H14N2S2/c1-2-8-14(9-3-1)19-20(24-17-12-6-4-10-15(17)22-19)21-23-16-11-5-7-13-18(16)25-21/h1-13,22H. The van der Waals surface area contributed by atoms with Crippen LogP contribution in [0.2, 0.25) is 0 Å². The molecule has 120 valence electrons. The lowest BCUT2D eigenvalue weighted by Crippen LogP contribution is -2.06. The summed E-state index contributed by atoms with van der Waals surface area (Å²) in [7, 11) is 0. The molecule has 0 unspecified atom stereocenters. The van der Waals surface area contributed by atoms with E-state index in [1.165, 1.54) is 20.1 Å². The Bertz CT molecular complexity index is 1060. The van der Waals surface area contributed by atoms with E-state index < -0.39 is 0 Å². The zero-order valence-electron chi connectivity index (χ0n) is 13.3. The SMILES string of the molecule is c1ccc(C2=C(c3nc4ccccc4s3)Sc3ccccc3N2)cc1. The highest BCUT2D eigenvalue weighted by Crippen LogP contribution is 2.48. The maximum absolute atomic E-state index is 4.88. The molecule has 1 aliphatic rings. The zero-order valence-corrected chi connectivity index (χ0v) is 14.9. The summed E-state index contributed by atoms with van der Waals surface area (Å²) in [5.74, 6) is 0. The Hall–Kier alpha value is -2.56. The molecule has 0 spiro atoms. The highest BCUT2D eigenvalue weighted by atomic mass is 32.2. The lowest BCUT2D eigenvalue weighted by Gasteiger charge is -2.23. The van der Waals surface area contributed by atoms with E-state index in [0.29, 0.717) is 0 Å². The summed E-state index contributed by atoms with van der Waals surface area (Å²) in [5.41, 5.74) is 4.51. The molecule has 0 amide bonds. The number of para-hydroxylation sites is 2. The Morgan fingerprint density at radius 2 is 1.52 bits per heavy atom. The molecule has 0 bridgehead atoms. The van der Waals surface area contributed by atoms with Crippen molar-refractivity contribution in [1.82, 2.24) is 4.98 Å². The van der Waals surface area contributed by atoms with Crippen LogP contribution in [0.4, 0.5) is 5.69 Å². The third kappa shape index (κ3) is 2.64. The van der Waals surface area contributed by atoms with E-state index >= 15 is 0 Å². The fourth-order valence-electron chi connectivity index (χ4n) is 2.94. The largest absolute Gasteiger partial charge is 0.353 e. The van der Waals surface area contributed by atoms with Crippen molar-refractivity contribution in [2.75, 3.05) is 5.32 Å². The molecule has 2 heterocycles. The number of nitrogens with zero attached hydrogens (tertiary/aromatic N) is 1. The number of benzene rings is 3. The predicted octanol–water partition coefficient (Wildman–Crippen LogP) is 6.34. The van der Waals surface area contributed by atoms with Crippen LogP contribution < -0.4 is 5.32 Å². The van der Waals surface area contributed by atoms with Crippen LogP contribution in [0.25, 0.3) is 20.8 Å². The second kappa shape index (κ2) is 6.06. The summed E-state index contributed by atoms with van der Waals surface area (Å²) in [6.07, 6.45) is 0. The van der Waals surface area contributed by atoms with Gasteiger partial charge in [-0.3, -0.25) is 0 Å². The lowest BCUT2D eigenvalue weighted by atomic mass is 10.1. The zero-order chi connectivity index (χ0) is 16.6. The van der Waals surface area contributed by atoms with Crippen molar-refractivity contribution in [2.24, 2.45) is 0 Å². The molecule has 1 aromatic heterocycles. The van der Waals surface area contributed by atoms with Crippen molar-refractivity contribution in [1.29, 1.82) is 0 Å². The van der Waals surface area contributed by atoms with Crippen molar-refractivity contribution in [3.8, 4) is 0 Å². The van der Waals surface area contributed by atoms with Gasteiger partial charge in [0.1, 0.15) is 5.01 Å². The highest BCUT2D eigenvalue weighted by Gasteiger charge is 2.23. The van der Waals surface area contributed by atoms with Crippen LogP contribution in [0.3, 0.4) is 0 Å². The van der Waals surface area contributed by atoms with Gasteiger partial charge in [-0.1, -0.05) is 66.4 Å². The monoisotopic (exact) mass is 358 g/mol. The van der Waals surface area contributed by atoms with E-state index in [4.69, 9.17) is 4.98 Å². The van der Waals surface area contributed by atoms with Crippen LogP contribution in [0, 0.1) is 0 Å². The maximum atomic E-state index is 4.88. The summed E-state index contributed by atoms with van der Waals surface area (Å²) in [5, 5.41) is 4.69. The first-order valence-electron chi connectivity index (χ1n) is 8.08. The Kier molecular flexibility index (Phi) is 3.58. The van der Waals surface area contributed by atoms with Gasteiger partial charge in [-0.2, -0.15) is 0 Å². The molecule has 0 saturated carbocycles. The van der Waals surface area contributed by atoms with Gasteiger partial charge in [0, 0.05) is 4.90 Å². The van der Waals surface area contributed by atoms with Gasteiger partial charge in [0.05, 0.1) is 26.5 Å². The van der Waals surface area contributed by atoms with Crippen LogP contribution >= 0.6 is 23.1 Å². The van der Waals surface area contributed by atoms with E-state index in [0.717, 1.165) is 21.9 Å². The van der Waals surface area contributed by atoms with Gasteiger partial charge < -0.3 is 5.32 Å². The normalized spacial score (nSPS) is 13.6. The summed E-state index contributed by atoms with van der Waals surface area (Å²) >= 11 is 3.54. The molecular weight excluding hydrogens is 344 g/mol. The number of fused-ring (bicyclic) bond motifs is 2. The topological polar surface area (TPSA) is 24.9 Å². The molecule has 1 N–H and O–H groups in total. The Labute approximate surface area is 154 Å². The van der Waals surface area contributed by atoms with E-state index in [1.807, 2.05) is 12.1 Å². The fourth-order valence-corrected chi connectivity index (χ4v) is 5.10. The molecule has 0 saturated heterocycles. The smallest absolute Gasteiger partial charge is 0.133 e. The molecule has 0 aliphatic carbocycles. The molecule has 0 atom stereocenters. The molecule has 4 heteroatoms. The van der Waals surface area contributed by atoms with E-state index in [1.54, 1.807) is 23.1 Å². The van der Waals surface area contributed by atoms with Crippen molar-refractivity contribution < 1.29 is 0 Å². The van der Waals surface area contributed by atoms with Gasteiger partial charge in [-0.05, 0) is 29.8 Å². The molecule has 2 nitrogen and oxygen atoms in total. The first-order valence-corrected chi connectivity index (χ1v) is 9.71. The number of anilines is 1. The van der Waals surface area contributed by atoms with Gasteiger partial charge in [-0.15, -0.1) is 11.3 Å². The van der Waals surface area contributed by atoms with E-state index in [2.05, 4.69) is 72.0 Å². The molecule has 4 aromatic rings. The maximum Gasteiger partial charge on any atom is 0.133 e. The number of aromatic nitrogens is 1. The van der Waals surface area contributed by atoms with E-state index in [9.17, 15) is 0 Å². The van der Waals surface area contributed by atoms with E-state index in [-0.39, 0.29) is 0 Å². The summed E-state index contributed by atoms with van der Waals surface area (Å²) < 4.78 is 1.22. The second-order valence-electron chi connectivity index (χ2n) is 5.78. The summed E-state index contributed by atoms with van der Waals surface area (Å²) in [6, 6.07) is 27.2. The average molecular weight is 358 g/mol. The van der Waals surface area contributed by atoms with Gasteiger partial charge >= 0.3 is 0 Å². The quantitative estimate of drug-likeness (QED) is 0.452. The number of rotatable bonds is 2. The third-order valence-electron chi connectivity index (χ3n) is 4.14. The van der Waals surface area contributed by atoms with Crippen LogP contribution in [-0.4, -0.2) is 4.98 Å². The first-order chi connectivity index (χ1) is 12.4. The number of nitrogens with one attached hydrogen (secondary N) is 1. The highest BCUT2D eigenvalue weighted by molar-refractivity contribution is 8.09. The Balaban J connectivity index is 1.72. The van der Waals surface area contributed by atoms with Crippen molar-refractivity contribution in [3.63, 3.8) is 0 Å². The van der Waals surface area contributed by atoms with Crippen LogP contribution in [0.15, 0.2) is 83.8 Å². The van der Waals surface area contributed by atoms with Gasteiger partial charge in [0.15, 0.2) is 0 Å². The minimum absolute atomic E-state index is 1.06. The minimum Gasteiger partial charge on any atom is -0.353 e. The van der Waals surface area contributed by atoms with Crippen LogP contribution in [-0.2, 0) is 0 Å². The minimum atomic E-state index is 1.06. The third-order valence-corrected chi connectivity index (χ3v) is 6.50. The number of thioether (sulfide) groups is 1.